The number of aliphatic hydroxyl groups is 1. The summed E-state index contributed by atoms with van der Waals surface area (Å²) in [5.41, 5.74) is 1.51. The Bertz CT molecular complexity index is 699. The van der Waals surface area contributed by atoms with E-state index >= 15 is 0 Å². The van der Waals surface area contributed by atoms with Crippen molar-refractivity contribution in [2.75, 3.05) is 0 Å². The van der Waals surface area contributed by atoms with Crippen molar-refractivity contribution in [3.63, 3.8) is 0 Å². The van der Waals surface area contributed by atoms with Gasteiger partial charge in [0, 0.05) is 0 Å². The first kappa shape index (κ1) is 15.4. The van der Waals surface area contributed by atoms with E-state index in [2.05, 4.69) is 24.3 Å². The third-order valence-corrected chi connectivity index (χ3v) is 5.16. The van der Waals surface area contributed by atoms with Gasteiger partial charge in [0.25, 0.3) is 0 Å². The zero-order valence-electron chi connectivity index (χ0n) is 13.9. The summed E-state index contributed by atoms with van der Waals surface area (Å²) in [4.78, 5) is 0. The minimum absolute atomic E-state index is 0.0388. The van der Waals surface area contributed by atoms with Crippen molar-refractivity contribution >= 4 is 0 Å². The first-order chi connectivity index (χ1) is 11.6. The van der Waals surface area contributed by atoms with Crippen LogP contribution in [0.15, 0.2) is 73.0 Å². The maximum atomic E-state index is 10.7. The lowest BCUT2D eigenvalue weighted by atomic mass is 9.65. The molecule has 0 aromatic heterocycles. The Morgan fingerprint density at radius 2 is 1.46 bits per heavy atom. The normalized spacial score (nSPS) is 28.1. The summed E-state index contributed by atoms with van der Waals surface area (Å²) in [5.74, 6) is -1.04. The van der Waals surface area contributed by atoms with Gasteiger partial charge in [-0.2, -0.15) is 0 Å². The van der Waals surface area contributed by atoms with Crippen LogP contribution in [0, 0.1) is 11.8 Å². The quantitative estimate of drug-likeness (QED) is 0.929. The second-order valence-electron chi connectivity index (χ2n) is 6.90. The lowest BCUT2D eigenvalue weighted by molar-refractivity contribution is -0.415. The van der Waals surface area contributed by atoms with E-state index in [-0.39, 0.29) is 11.8 Å². The first-order valence-corrected chi connectivity index (χ1v) is 8.45. The number of rotatable bonds is 4. The van der Waals surface area contributed by atoms with Crippen molar-refractivity contribution < 1.29 is 14.6 Å². The molecule has 4 rings (SSSR count). The minimum Gasteiger partial charge on any atom is -0.467 e. The van der Waals surface area contributed by atoms with Crippen LogP contribution in [-0.2, 0) is 15.1 Å². The molecule has 0 bridgehead atoms. The average Bonchev–Trinajstić information content (AvgIpc) is 2.95. The summed E-state index contributed by atoms with van der Waals surface area (Å²) in [5, 5.41) is 10.7. The monoisotopic (exact) mass is 322 g/mol. The van der Waals surface area contributed by atoms with Crippen molar-refractivity contribution in [1.29, 1.82) is 0 Å². The van der Waals surface area contributed by atoms with Gasteiger partial charge >= 0.3 is 0 Å². The highest BCUT2D eigenvalue weighted by molar-refractivity contribution is 5.44. The maximum Gasteiger partial charge on any atom is 0.247 e. The van der Waals surface area contributed by atoms with Gasteiger partial charge < -0.3 is 14.6 Å². The Kier molecular flexibility index (Phi) is 3.52. The van der Waals surface area contributed by atoms with Gasteiger partial charge in [-0.15, -0.1) is 0 Å². The molecule has 3 atom stereocenters. The van der Waals surface area contributed by atoms with Gasteiger partial charge in [0.15, 0.2) is 0 Å². The molecule has 1 N–H and O–H groups in total. The molecule has 0 aliphatic carbocycles. The second kappa shape index (κ2) is 5.47. The van der Waals surface area contributed by atoms with Crippen LogP contribution in [0.3, 0.4) is 0 Å². The van der Waals surface area contributed by atoms with E-state index in [1.165, 1.54) is 0 Å². The summed E-state index contributed by atoms with van der Waals surface area (Å²) in [7, 11) is 0. The molecule has 0 radical (unpaired) electrons. The van der Waals surface area contributed by atoms with E-state index in [0.717, 1.165) is 11.1 Å². The third-order valence-electron chi connectivity index (χ3n) is 5.16. The molecule has 2 aromatic carbocycles. The Hall–Kier alpha value is -2.10. The van der Waals surface area contributed by atoms with Crippen LogP contribution >= 0.6 is 0 Å². The molecule has 0 unspecified atom stereocenters. The fraction of sp³-hybridized carbons (Fsp3) is 0.333. The van der Waals surface area contributed by atoms with Crippen LogP contribution in [0.4, 0.5) is 0 Å². The molecule has 2 heterocycles. The Morgan fingerprint density at radius 1 is 0.917 bits per heavy atom. The van der Waals surface area contributed by atoms with E-state index < -0.39 is 17.5 Å². The van der Waals surface area contributed by atoms with Gasteiger partial charge in [-0.1, -0.05) is 74.5 Å². The van der Waals surface area contributed by atoms with Crippen LogP contribution in [0.25, 0.3) is 0 Å². The van der Waals surface area contributed by atoms with Crippen LogP contribution < -0.4 is 0 Å². The number of benzene rings is 2. The highest BCUT2D eigenvalue weighted by Crippen LogP contribution is 2.62. The highest BCUT2D eigenvalue weighted by Gasteiger charge is 2.72. The summed E-state index contributed by atoms with van der Waals surface area (Å²) < 4.78 is 12.3. The zero-order chi connectivity index (χ0) is 16.8. The molecule has 124 valence electrons. The van der Waals surface area contributed by atoms with E-state index in [1.54, 1.807) is 6.26 Å². The molecule has 3 nitrogen and oxygen atoms in total. The van der Waals surface area contributed by atoms with Crippen molar-refractivity contribution in [2.45, 2.75) is 31.3 Å². The fourth-order valence-electron chi connectivity index (χ4n) is 3.99. The largest absolute Gasteiger partial charge is 0.467 e. The molecule has 2 aliphatic heterocycles. The molecule has 3 heteroatoms. The third kappa shape index (κ3) is 1.92. The smallest absolute Gasteiger partial charge is 0.247 e. The molecule has 2 aliphatic rings. The summed E-state index contributed by atoms with van der Waals surface area (Å²) >= 11 is 0. The average molecular weight is 322 g/mol. The number of hydrogen-bond acceptors (Lipinski definition) is 3. The van der Waals surface area contributed by atoms with Crippen molar-refractivity contribution in [2.24, 2.45) is 11.8 Å². The zero-order valence-corrected chi connectivity index (χ0v) is 13.9. The van der Waals surface area contributed by atoms with Crippen LogP contribution in [0.5, 0.6) is 0 Å². The highest BCUT2D eigenvalue weighted by atomic mass is 16.7. The van der Waals surface area contributed by atoms with Gasteiger partial charge in [-0.05, 0) is 23.1 Å². The standard InChI is InChI=1S/C21H22O3/c1-15(2)19(22)21-18(13-14-23-21)20(24-21,16-9-5-3-6-10-16)17-11-7-4-8-12-17/h3-15,18-19,22H,1-2H3/t18-,19-,21-/m0/s1. The number of hydrogen-bond donors (Lipinski definition) is 1. The van der Waals surface area contributed by atoms with E-state index in [1.807, 2.05) is 56.3 Å². The van der Waals surface area contributed by atoms with Crippen LogP contribution in [-0.4, -0.2) is 17.0 Å². The molecular weight excluding hydrogens is 300 g/mol. The maximum absolute atomic E-state index is 10.7. The number of aliphatic hydroxyl groups excluding tert-OH is 1. The van der Waals surface area contributed by atoms with Gasteiger partial charge in [-0.3, -0.25) is 0 Å². The summed E-state index contributed by atoms with van der Waals surface area (Å²) in [6, 6.07) is 20.4. The van der Waals surface area contributed by atoms with Crippen LogP contribution in [0.2, 0.25) is 0 Å². The van der Waals surface area contributed by atoms with E-state index in [0.29, 0.717) is 0 Å². The molecule has 0 saturated carbocycles. The summed E-state index contributed by atoms with van der Waals surface area (Å²) in [6.07, 6.45) is 3.00. The van der Waals surface area contributed by atoms with Crippen molar-refractivity contribution in [3.8, 4) is 0 Å². The number of ether oxygens (including phenoxy) is 2. The lowest BCUT2D eigenvalue weighted by Gasteiger charge is -2.60. The van der Waals surface area contributed by atoms with E-state index in [4.69, 9.17) is 9.47 Å². The minimum atomic E-state index is -1.00. The Labute approximate surface area is 142 Å². The Morgan fingerprint density at radius 3 is 1.96 bits per heavy atom. The van der Waals surface area contributed by atoms with Gasteiger partial charge in [0.1, 0.15) is 11.7 Å². The fourth-order valence-corrected chi connectivity index (χ4v) is 3.99. The lowest BCUT2D eigenvalue weighted by Crippen LogP contribution is -2.71. The summed E-state index contributed by atoms with van der Waals surface area (Å²) in [6.45, 7) is 3.96. The van der Waals surface area contributed by atoms with Gasteiger partial charge in [0.05, 0.1) is 12.2 Å². The topological polar surface area (TPSA) is 38.7 Å². The molecular formula is C21H22O3. The molecule has 1 saturated heterocycles. The molecule has 24 heavy (non-hydrogen) atoms. The van der Waals surface area contributed by atoms with Gasteiger partial charge in [-0.25, -0.2) is 0 Å². The van der Waals surface area contributed by atoms with Gasteiger partial charge in [0.2, 0.25) is 5.79 Å². The van der Waals surface area contributed by atoms with Crippen molar-refractivity contribution in [1.82, 2.24) is 0 Å². The second-order valence-corrected chi connectivity index (χ2v) is 6.90. The molecule has 0 amide bonds. The first-order valence-electron chi connectivity index (χ1n) is 8.45. The molecule has 1 fully saturated rings. The van der Waals surface area contributed by atoms with Crippen molar-refractivity contribution in [3.05, 3.63) is 84.1 Å². The number of fused-ring (bicyclic) bond motifs is 1. The van der Waals surface area contributed by atoms with E-state index in [9.17, 15) is 5.11 Å². The SMILES string of the molecule is CC(C)[C@H](O)[C@]12OC=C[C@H]1C(c1ccccc1)(c1ccccc1)O2. The predicted octanol–water partition coefficient (Wildman–Crippen LogP) is 3.83. The molecule has 0 spiro atoms. The van der Waals surface area contributed by atoms with Crippen LogP contribution in [0.1, 0.15) is 25.0 Å². The molecule has 2 aromatic rings. The Balaban J connectivity index is 1.85. The predicted molar refractivity (Wildman–Crippen MR) is 92.0 cm³/mol.